The molecule has 0 unspecified atom stereocenters. The molecule has 19 heavy (non-hydrogen) atoms. The average molecular weight is 301 g/mol. The van der Waals surface area contributed by atoms with Gasteiger partial charge in [0.25, 0.3) is 0 Å². The number of halogens is 1. The van der Waals surface area contributed by atoms with E-state index >= 15 is 0 Å². The van der Waals surface area contributed by atoms with E-state index in [2.05, 4.69) is 0 Å². The summed E-state index contributed by atoms with van der Waals surface area (Å²) >= 11 is 5.85. The van der Waals surface area contributed by atoms with Crippen molar-refractivity contribution in [3.05, 3.63) is 28.8 Å². The van der Waals surface area contributed by atoms with Crippen LogP contribution in [0.1, 0.15) is 32.3 Å². The number of hydrogen-bond donors (Lipinski definition) is 0. The monoisotopic (exact) mass is 300 g/mol. The van der Waals surface area contributed by atoms with Gasteiger partial charge in [0.05, 0.1) is 5.56 Å². The van der Waals surface area contributed by atoms with E-state index in [1.807, 2.05) is 19.9 Å². The van der Waals surface area contributed by atoms with Crippen molar-refractivity contribution in [3.8, 4) is 6.07 Å². The third kappa shape index (κ3) is 3.69. The second-order valence-corrected chi connectivity index (χ2v) is 6.50. The van der Waals surface area contributed by atoms with Crippen molar-refractivity contribution < 1.29 is 8.42 Å². The van der Waals surface area contributed by atoms with Gasteiger partial charge in [-0.2, -0.15) is 9.57 Å². The highest BCUT2D eigenvalue weighted by molar-refractivity contribution is 7.89. The molecule has 0 aliphatic heterocycles. The van der Waals surface area contributed by atoms with Gasteiger partial charge in [0.1, 0.15) is 11.0 Å². The SMILES string of the molecule is CCCN(CCC)S(=O)(=O)c1cc(Cl)ccc1C#N. The molecule has 0 aromatic heterocycles. The van der Waals surface area contributed by atoms with Gasteiger partial charge < -0.3 is 0 Å². The van der Waals surface area contributed by atoms with Crippen LogP contribution in [0, 0.1) is 11.3 Å². The Balaban J connectivity index is 3.32. The lowest BCUT2D eigenvalue weighted by molar-refractivity contribution is 0.410. The summed E-state index contributed by atoms with van der Waals surface area (Å²) in [4.78, 5) is -0.00981. The number of benzene rings is 1. The van der Waals surface area contributed by atoms with Crippen LogP contribution in [0.25, 0.3) is 0 Å². The molecule has 0 N–H and O–H groups in total. The van der Waals surface area contributed by atoms with Crippen LogP contribution >= 0.6 is 11.6 Å². The van der Waals surface area contributed by atoms with E-state index < -0.39 is 10.0 Å². The first kappa shape index (κ1) is 16.0. The molecule has 0 saturated heterocycles. The number of hydrogen-bond acceptors (Lipinski definition) is 3. The van der Waals surface area contributed by atoms with Crippen molar-refractivity contribution in [2.75, 3.05) is 13.1 Å². The molecule has 104 valence electrons. The van der Waals surface area contributed by atoms with E-state index in [1.165, 1.54) is 22.5 Å². The van der Waals surface area contributed by atoms with Crippen molar-refractivity contribution in [2.45, 2.75) is 31.6 Å². The van der Waals surface area contributed by atoms with Crippen molar-refractivity contribution >= 4 is 21.6 Å². The topological polar surface area (TPSA) is 61.2 Å². The molecule has 1 aromatic carbocycles. The molecule has 0 saturated carbocycles. The minimum Gasteiger partial charge on any atom is -0.207 e. The summed E-state index contributed by atoms with van der Waals surface area (Å²) in [6, 6.07) is 6.20. The van der Waals surface area contributed by atoms with Gasteiger partial charge in [-0.3, -0.25) is 0 Å². The summed E-state index contributed by atoms with van der Waals surface area (Å²) in [5, 5.41) is 9.35. The molecule has 4 nitrogen and oxygen atoms in total. The minimum absolute atomic E-state index is 0.00981. The van der Waals surface area contributed by atoms with Crippen LogP contribution in [0.2, 0.25) is 5.02 Å². The van der Waals surface area contributed by atoms with Gasteiger partial charge in [0.2, 0.25) is 10.0 Å². The quantitative estimate of drug-likeness (QED) is 0.811. The fraction of sp³-hybridized carbons (Fsp3) is 0.462. The lowest BCUT2D eigenvalue weighted by Crippen LogP contribution is -2.33. The summed E-state index contributed by atoms with van der Waals surface area (Å²) in [7, 11) is -3.66. The summed E-state index contributed by atoms with van der Waals surface area (Å²) < 4.78 is 26.5. The molecule has 0 aliphatic carbocycles. The smallest absolute Gasteiger partial charge is 0.207 e. The van der Waals surface area contributed by atoms with Gasteiger partial charge in [-0.25, -0.2) is 8.42 Å². The van der Waals surface area contributed by atoms with Gasteiger partial charge in [0.15, 0.2) is 0 Å². The number of sulfonamides is 1. The molecule has 0 heterocycles. The molecule has 0 bridgehead atoms. The second kappa shape index (κ2) is 6.90. The van der Waals surface area contributed by atoms with Crippen LogP contribution in [-0.2, 0) is 10.0 Å². The lowest BCUT2D eigenvalue weighted by Gasteiger charge is -2.21. The molecule has 1 rings (SSSR count). The fourth-order valence-electron chi connectivity index (χ4n) is 1.79. The average Bonchev–Trinajstić information content (AvgIpc) is 2.38. The first-order valence-electron chi connectivity index (χ1n) is 6.17. The lowest BCUT2D eigenvalue weighted by atomic mass is 10.2. The Morgan fingerprint density at radius 3 is 2.32 bits per heavy atom. The Bertz CT molecular complexity index is 573. The van der Waals surface area contributed by atoms with Gasteiger partial charge in [-0.05, 0) is 31.0 Å². The largest absolute Gasteiger partial charge is 0.244 e. The second-order valence-electron chi connectivity index (χ2n) is 4.16. The highest BCUT2D eigenvalue weighted by atomic mass is 35.5. The van der Waals surface area contributed by atoms with Crippen molar-refractivity contribution in [3.63, 3.8) is 0 Å². The predicted octanol–water partition coefficient (Wildman–Crippen LogP) is 3.02. The summed E-state index contributed by atoms with van der Waals surface area (Å²) in [6.45, 7) is 4.71. The van der Waals surface area contributed by atoms with Gasteiger partial charge in [-0.15, -0.1) is 0 Å². The Morgan fingerprint density at radius 2 is 1.84 bits per heavy atom. The number of nitriles is 1. The first-order chi connectivity index (χ1) is 8.97. The van der Waals surface area contributed by atoms with E-state index in [4.69, 9.17) is 16.9 Å². The van der Waals surface area contributed by atoms with E-state index in [1.54, 1.807) is 0 Å². The summed E-state index contributed by atoms with van der Waals surface area (Å²) in [6.07, 6.45) is 1.45. The Labute approximate surface area is 119 Å². The van der Waals surface area contributed by atoms with E-state index in [0.717, 1.165) is 12.8 Å². The third-order valence-electron chi connectivity index (χ3n) is 2.63. The molecular weight excluding hydrogens is 284 g/mol. The number of rotatable bonds is 6. The van der Waals surface area contributed by atoms with Crippen LogP contribution in [0.15, 0.2) is 23.1 Å². The maximum Gasteiger partial charge on any atom is 0.244 e. The molecule has 1 aromatic rings. The van der Waals surface area contributed by atoms with Gasteiger partial charge in [-0.1, -0.05) is 25.4 Å². The molecule has 0 amide bonds. The first-order valence-corrected chi connectivity index (χ1v) is 7.99. The number of nitrogens with zero attached hydrogens (tertiary/aromatic N) is 2. The molecule has 0 spiro atoms. The van der Waals surface area contributed by atoms with Crippen LogP contribution in [0.5, 0.6) is 0 Å². The van der Waals surface area contributed by atoms with Crippen LogP contribution in [-0.4, -0.2) is 25.8 Å². The molecule has 0 radical (unpaired) electrons. The zero-order chi connectivity index (χ0) is 14.5. The van der Waals surface area contributed by atoms with Crippen LogP contribution in [0.4, 0.5) is 0 Å². The van der Waals surface area contributed by atoms with Crippen molar-refractivity contribution in [1.29, 1.82) is 5.26 Å². The summed E-state index contributed by atoms with van der Waals surface area (Å²) in [5.41, 5.74) is 0.126. The van der Waals surface area contributed by atoms with Crippen molar-refractivity contribution in [1.82, 2.24) is 4.31 Å². The molecule has 0 aliphatic rings. The maximum absolute atomic E-state index is 12.6. The predicted molar refractivity (Wildman–Crippen MR) is 75.5 cm³/mol. The fourth-order valence-corrected chi connectivity index (χ4v) is 3.82. The van der Waals surface area contributed by atoms with E-state index in [-0.39, 0.29) is 10.5 Å². The highest BCUT2D eigenvalue weighted by Crippen LogP contribution is 2.24. The maximum atomic E-state index is 12.6. The standard InChI is InChI=1S/C13H17ClN2O2S/c1-3-7-16(8-4-2)19(17,18)13-9-12(14)6-5-11(13)10-15/h5-6,9H,3-4,7-8H2,1-2H3. The van der Waals surface area contributed by atoms with Crippen LogP contribution in [0.3, 0.4) is 0 Å². The zero-order valence-corrected chi connectivity index (χ0v) is 12.6. The van der Waals surface area contributed by atoms with Crippen molar-refractivity contribution in [2.24, 2.45) is 0 Å². The van der Waals surface area contributed by atoms with E-state index in [9.17, 15) is 8.42 Å². The molecular formula is C13H17ClN2O2S. The molecule has 6 heteroatoms. The molecule has 0 fully saturated rings. The van der Waals surface area contributed by atoms with Crippen LogP contribution < -0.4 is 0 Å². The summed E-state index contributed by atoms with van der Waals surface area (Å²) in [5.74, 6) is 0. The van der Waals surface area contributed by atoms with Gasteiger partial charge in [0, 0.05) is 18.1 Å². The normalized spacial score (nSPS) is 11.5. The third-order valence-corrected chi connectivity index (χ3v) is 4.80. The Kier molecular flexibility index (Phi) is 5.80. The molecule has 0 atom stereocenters. The minimum atomic E-state index is -3.66. The zero-order valence-electron chi connectivity index (χ0n) is 11.1. The Hall–Kier alpha value is -1.09. The van der Waals surface area contributed by atoms with Gasteiger partial charge >= 0.3 is 0 Å². The highest BCUT2D eigenvalue weighted by Gasteiger charge is 2.26. The Morgan fingerprint density at radius 1 is 1.26 bits per heavy atom. The van der Waals surface area contributed by atoms with E-state index in [0.29, 0.717) is 18.1 Å².